The van der Waals surface area contributed by atoms with Crippen molar-refractivity contribution >= 4 is 17.3 Å². The first kappa shape index (κ1) is 14.5. The molecule has 0 aromatic heterocycles. The summed E-state index contributed by atoms with van der Waals surface area (Å²) in [6.07, 6.45) is 1.37. The van der Waals surface area contributed by atoms with Crippen molar-refractivity contribution in [1.82, 2.24) is 0 Å². The van der Waals surface area contributed by atoms with E-state index in [1.807, 2.05) is 30.3 Å². The van der Waals surface area contributed by atoms with E-state index in [0.29, 0.717) is 24.8 Å². The van der Waals surface area contributed by atoms with Crippen LogP contribution in [0.4, 0.5) is 0 Å². The summed E-state index contributed by atoms with van der Waals surface area (Å²) in [6, 6.07) is 9.39. The smallest absolute Gasteiger partial charge is 0.324 e. The molecule has 3 nitrogen and oxygen atoms in total. The van der Waals surface area contributed by atoms with Crippen LogP contribution in [0.1, 0.15) is 38.7 Å². The number of ketones is 1. The fourth-order valence-corrected chi connectivity index (χ4v) is 2.73. The Labute approximate surface area is 119 Å². The molecule has 0 bridgehead atoms. The lowest BCUT2D eigenvalue weighted by molar-refractivity contribution is -0.158. The summed E-state index contributed by atoms with van der Waals surface area (Å²) in [4.78, 5) is 24.9. The standard InChI is InChI=1S/C17H20O3/c1-12(2)20-16(19)17(11-7-10-15(17)18)13(3)14-8-5-4-6-9-14/h4-6,8-9,12H,3,7,10-11H2,1-2H3/t17-/m1/s1. The van der Waals surface area contributed by atoms with Crippen molar-refractivity contribution in [1.29, 1.82) is 0 Å². The van der Waals surface area contributed by atoms with E-state index in [1.165, 1.54) is 0 Å². The van der Waals surface area contributed by atoms with E-state index in [0.717, 1.165) is 5.56 Å². The molecule has 0 amide bonds. The topological polar surface area (TPSA) is 43.4 Å². The Bertz CT molecular complexity index is 530. The van der Waals surface area contributed by atoms with Crippen molar-refractivity contribution in [2.45, 2.75) is 39.2 Å². The molecular weight excluding hydrogens is 252 g/mol. The van der Waals surface area contributed by atoms with Gasteiger partial charge in [0.25, 0.3) is 0 Å². The first-order valence-corrected chi connectivity index (χ1v) is 6.97. The van der Waals surface area contributed by atoms with Gasteiger partial charge in [0.1, 0.15) is 0 Å². The molecule has 0 aliphatic heterocycles. The van der Waals surface area contributed by atoms with E-state index in [-0.39, 0.29) is 11.9 Å². The predicted octanol–water partition coefficient (Wildman–Crippen LogP) is 3.39. The lowest BCUT2D eigenvalue weighted by Crippen LogP contribution is -2.39. The maximum absolute atomic E-state index is 12.5. The van der Waals surface area contributed by atoms with Gasteiger partial charge in [-0.3, -0.25) is 9.59 Å². The van der Waals surface area contributed by atoms with Gasteiger partial charge in [-0.2, -0.15) is 0 Å². The Morgan fingerprint density at radius 1 is 1.30 bits per heavy atom. The van der Waals surface area contributed by atoms with E-state index in [4.69, 9.17) is 4.74 Å². The predicted molar refractivity (Wildman–Crippen MR) is 78.0 cm³/mol. The quantitative estimate of drug-likeness (QED) is 0.623. The highest BCUT2D eigenvalue weighted by Crippen LogP contribution is 2.46. The lowest BCUT2D eigenvalue weighted by Gasteiger charge is -2.28. The molecule has 0 saturated heterocycles. The highest BCUT2D eigenvalue weighted by Gasteiger charge is 2.52. The van der Waals surface area contributed by atoms with Crippen LogP contribution in [0, 0.1) is 5.41 Å². The van der Waals surface area contributed by atoms with Crippen LogP contribution < -0.4 is 0 Å². The van der Waals surface area contributed by atoms with Crippen molar-refractivity contribution < 1.29 is 14.3 Å². The van der Waals surface area contributed by atoms with E-state index < -0.39 is 11.4 Å². The summed E-state index contributed by atoms with van der Waals surface area (Å²) >= 11 is 0. The zero-order valence-corrected chi connectivity index (χ0v) is 12.0. The fraction of sp³-hybridized carbons (Fsp3) is 0.412. The molecule has 1 atom stereocenters. The molecule has 0 unspecified atom stereocenters. The summed E-state index contributed by atoms with van der Waals surface area (Å²) in [7, 11) is 0. The Morgan fingerprint density at radius 2 is 1.95 bits per heavy atom. The van der Waals surface area contributed by atoms with E-state index in [2.05, 4.69) is 6.58 Å². The molecule has 2 rings (SSSR count). The molecule has 1 aromatic carbocycles. The summed E-state index contributed by atoms with van der Waals surface area (Å²) in [5.74, 6) is -0.527. The highest BCUT2D eigenvalue weighted by atomic mass is 16.5. The van der Waals surface area contributed by atoms with Gasteiger partial charge in [-0.05, 0) is 37.8 Å². The minimum Gasteiger partial charge on any atom is -0.462 e. The van der Waals surface area contributed by atoms with Gasteiger partial charge >= 0.3 is 5.97 Å². The maximum atomic E-state index is 12.5. The minimum absolute atomic E-state index is 0.0722. The van der Waals surface area contributed by atoms with Gasteiger partial charge < -0.3 is 4.74 Å². The normalized spacial score (nSPS) is 22.1. The Kier molecular flexibility index (Phi) is 4.07. The largest absolute Gasteiger partial charge is 0.462 e. The SMILES string of the molecule is C=C(c1ccccc1)[C@]1(C(=O)OC(C)C)CCCC1=O. The number of carbonyl (C=O) groups excluding carboxylic acids is 2. The second-order valence-corrected chi connectivity index (χ2v) is 5.48. The van der Waals surface area contributed by atoms with Gasteiger partial charge in [0.05, 0.1) is 6.10 Å². The second-order valence-electron chi connectivity index (χ2n) is 5.48. The van der Waals surface area contributed by atoms with Gasteiger partial charge in [-0.25, -0.2) is 0 Å². The monoisotopic (exact) mass is 272 g/mol. The van der Waals surface area contributed by atoms with Crippen molar-refractivity contribution in [2.24, 2.45) is 5.41 Å². The maximum Gasteiger partial charge on any atom is 0.324 e. The molecule has 106 valence electrons. The summed E-state index contributed by atoms with van der Waals surface area (Å²) < 4.78 is 5.33. The second kappa shape index (κ2) is 5.61. The van der Waals surface area contributed by atoms with Crippen LogP contribution in [0.2, 0.25) is 0 Å². The average Bonchev–Trinajstić information content (AvgIpc) is 2.81. The van der Waals surface area contributed by atoms with Crippen LogP contribution >= 0.6 is 0 Å². The van der Waals surface area contributed by atoms with E-state index in [9.17, 15) is 9.59 Å². The Balaban J connectivity index is 2.41. The molecule has 0 heterocycles. The first-order valence-electron chi connectivity index (χ1n) is 6.97. The van der Waals surface area contributed by atoms with Crippen molar-refractivity contribution in [2.75, 3.05) is 0 Å². The zero-order valence-electron chi connectivity index (χ0n) is 12.0. The third-order valence-electron chi connectivity index (χ3n) is 3.76. The highest BCUT2D eigenvalue weighted by molar-refractivity contribution is 6.15. The van der Waals surface area contributed by atoms with Crippen molar-refractivity contribution in [3.05, 3.63) is 42.5 Å². The molecule has 3 heteroatoms. The molecule has 20 heavy (non-hydrogen) atoms. The van der Waals surface area contributed by atoms with Gasteiger partial charge in [0, 0.05) is 6.42 Å². The summed E-state index contributed by atoms with van der Waals surface area (Å²) in [6.45, 7) is 7.61. The Morgan fingerprint density at radius 3 is 2.45 bits per heavy atom. The molecule has 1 saturated carbocycles. The molecular formula is C17H20O3. The molecule has 0 radical (unpaired) electrons. The number of esters is 1. The number of carbonyl (C=O) groups is 2. The minimum atomic E-state index is -1.19. The first-order chi connectivity index (χ1) is 9.48. The third kappa shape index (κ3) is 2.40. The zero-order chi connectivity index (χ0) is 14.8. The van der Waals surface area contributed by atoms with Crippen LogP contribution in [0.5, 0.6) is 0 Å². The van der Waals surface area contributed by atoms with Crippen molar-refractivity contribution in [3.8, 4) is 0 Å². The molecule has 1 aliphatic carbocycles. The third-order valence-corrected chi connectivity index (χ3v) is 3.76. The van der Waals surface area contributed by atoms with E-state index >= 15 is 0 Å². The molecule has 1 fully saturated rings. The lowest BCUT2D eigenvalue weighted by atomic mass is 9.75. The fourth-order valence-electron chi connectivity index (χ4n) is 2.73. The number of benzene rings is 1. The molecule has 0 N–H and O–H groups in total. The number of hydrogen-bond acceptors (Lipinski definition) is 3. The number of ether oxygens (including phenoxy) is 1. The Hall–Kier alpha value is -1.90. The number of Topliss-reactive ketones (excluding diaryl/α,β-unsaturated/α-hetero) is 1. The van der Waals surface area contributed by atoms with Crippen LogP contribution in [-0.4, -0.2) is 17.9 Å². The van der Waals surface area contributed by atoms with Gasteiger partial charge in [0.2, 0.25) is 0 Å². The number of rotatable bonds is 4. The molecule has 1 aromatic rings. The van der Waals surface area contributed by atoms with E-state index in [1.54, 1.807) is 13.8 Å². The summed E-state index contributed by atoms with van der Waals surface area (Å²) in [5, 5.41) is 0. The van der Waals surface area contributed by atoms with Crippen LogP contribution in [0.15, 0.2) is 36.9 Å². The molecule has 0 spiro atoms. The van der Waals surface area contributed by atoms with Crippen LogP contribution in [0.25, 0.3) is 5.57 Å². The van der Waals surface area contributed by atoms with Gasteiger partial charge in [-0.1, -0.05) is 36.9 Å². The molecule has 1 aliphatic rings. The van der Waals surface area contributed by atoms with Gasteiger partial charge in [-0.15, -0.1) is 0 Å². The average molecular weight is 272 g/mol. The number of hydrogen-bond donors (Lipinski definition) is 0. The summed E-state index contributed by atoms with van der Waals surface area (Å²) in [5.41, 5.74) is 0.195. The van der Waals surface area contributed by atoms with Crippen LogP contribution in [0.3, 0.4) is 0 Å². The van der Waals surface area contributed by atoms with Crippen molar-refractivity contribution in [3.63, 3.8) is 0 Å². The van der Waals surface area contributed by atoms with Crippen LogP contribution in [-0.2, 0) is 14.3 Å². The van der Waals surface area contributed by atoms with Gasteiger partial charge in [0.15, 0.2) is 11.2 Å².